The number of imidazole rings is 1. The third-order valence-electron chi connectivity index (χ3n) is 9.31. The zero-order chi connectivity index (χ0) is 33.4. The molecule has 3 aromatic carbocycles. The van der Waals surface area contributed by atoms with Gasteiger partial charge in [-0.15, -0.1) is 0 Å². The molecule has 4 aromatic rings. The predicted molar refractivity (Wildman–Crippen MR) is 180 cm³/mol. The topological polar surface area (TPSA) is 124 Å². The van der Waals surface area contributed by atoms with Crippen molar-refractivity contribution in [3.05, 3.63) is 75.7 Å². The van der Waals surface area contributed by atoms with Gasteiger partial charge in [0.15, 0.2) is 11.5 Å². The number of hydrogen-bond donors (Lipinski definition) is 2. The number of rotatable bonds is 8. The van der Waals surface area contributed by atoms with Gasteiger partial charge in [0.1, 0.15) is 11.9 Å². The number of methoxy groups -OCH3 is 3. The molecule has 11 nitrogen and oxygen atoms in total. The Morgan fingerprint density at radius 3 is 2.47 bits per heavy atom. The van der Waals surface area contributed by atoms with Crippen molar-refractivity contribution in [3.63, 3.8) is 0 Å². The number of benzene rings is 2. The highest BCUT2D eigenvalue weighted by molar-refractivity contribution is 5.86. The maximum absolute atomic E-state index is 13.9. The molecule has 47 heavy (non-hydrogen) atoms. The lowest BCUT2D eigenvalue weighted by Crippen LogP contribution is -2.42. The zero-order valence-electron chi connectivity index (χ0n) is 27.7. The Morgan fingerprint density at radius 1 is 1.00 bits per heavy atom. The van der Waals surface area contributed by atoms with E-state index in [4.69, 9.17) is 19.2 Å². The third kappa shape index (κ3) is 5.75. The van der Waals surface area contributed by atoms with Crippen molar-refractivity contribution in [2.24, 2.45) is 7.05 Å². The fraction of sp³-hybridized carbons (Fsp3) is 0.389. The van der Waals surface area contributed by atoms with Crippen molar-refractivity contribution < 1.29 is 23.8 Å². The Morgan fingerprint density at radius 2 is 1.77 bits per heavy atom. The number of nitrogens with one attached hydrogen (secondary N) is 2. The number of para-hydroxylation sites is 2. The Hall–Kier alpha value is -5.06. The van der Waals surface area contributed by atoms with Crippen LogP contribution in [0.3, 0.4) is 0 Å². The summed E-state index contributed by atoms with van der Waals surface area (Å²) >= 11 is 0. The summed E-state index contributed by atoms with van der Waals surface area (Å²) in [7, 11) is 6.67. The van der Waals surface area contributed by atoms with E-state index in [1.165, 1.54) is 6.92 Å². The van der Waals surface area contributed by atoms with Crippen LogP contribution in [0.15, 0.2) is 53.3 Å². The number of hydrogen-bond acceptors (Lipinski definition) is 8. The van der Waals surface area contributed by atoms with Gasteiger partial charge in [-0.25, -0.2) is 4.98 Å². The van der Waals surface area contributed by atoms with E-state index in [9.17, 15) is 14.4 Å². The molecular weight excluding hydrogens is 598 g/mol. The number of aryl methyl sites for hydroxylation is 2. The van der Waals surface area contributed by atoms with Crippen LogP contribution in [-0.4, -0.2) is 60.2 Å². The largest absolute Gasteiger partial charge is 0.493 e. The number of anilines is 1. The molecule has 6 rings (SSSR count). The molecule has 1 fully saturated rings. The molecule has 0 saturated carbocycles. The number of carbonyl (C=O) groups excluding carboxylic acids is 2. The van der Waals surface area contributed by atoms with Crippen molar-refractivity contribution in [2.75, 3.05) is 33.2 Å². The van der Waals surface area contributed by atoms with Gasteiger partial charge in [-0.2, -0.15) is 0 Å². The second-order valence-electron chi connectivity index (χ2n) is 12.2. The lowest BCUT2D eigenvalue weighted by molar-refractivity contribution is -0.132. The van der Waals surface area contributed by atoms with Gasteiger partial charge in [-0.1, -0.05) is 18.2 Å². The number of carbonyl (C=O) groups is 2. The van der Waals surface area contributed by atoms with Gasteiger partial charge < -0.3 is 34.3 Å². The minimum Gasteiger partial charge on any atom is -0.493 e. The van der Waals surface area contributed by atoms with Crippen LogP contribution in [0.4, 0.5) is 5.69 Å². The van der Waals surface area contributed by atoms with E-state index in [1.54, 1.807) is 40.4 Å². The molecule has 1 saturated heterocycles. The van der Waals surface area contributed by atoms with Crippen molar-refractivity contribution in [3.8, 4) is 28.4 Å². The first kappa shape index (κ1) is 31.9. The van der Waals surface area contributed by atoms with Crippen LogP contribution < -0.4 is 30.3 Å². The van der Waals surface area contributed by atoms with Gasteiger partial charge >= 0.3 is 0 Å². The highest BCUT2D eigenvalue weighted by Gasteiger charge is 2.36. The summed E-state index contributed by atoms with van der Waals surface area (Å²) in [5.41, 5.74) is 4.98. The maximum Gasteiger partial charge on any atom is 0.245 e. The molecule has 2 aliphatic rings. The summed E-state index contributed by atoms with van der Waals surface area (Å²) in [6, 6.07) is 13.7. The van der Waals surface area contributed by atoms with Crippen molar-refractivity contribution in [1.29, 1.82) is 0 Å². The number of nitrogens with zero attached hydrogens (tertiary/aromatic N) is 3. The summed E-state index contributed by atoms with van der Waals surface area (Å²) in [5.74, 6) is 1.99. The molecule has 11 heteroatoms. The van der Waals surface area contributed by atoms with Crippen molar-refractivity contribution >= 4 is 28.5 Å². The predicted octanol–water partition coefficient (Wildman–Crippen LogP) is 4.91. The monoisotopic (exact) mass is 639 g/mol. The van der Waals surface area contributed by atoms with Crippen LogP contribution in [-0.2, 0) is 23.1 Å². The lowest BCUT2D eigenvalue weighted by atomic mass is 9.95. The zero-order valence-corrected chi connectivity index (χ0v) is 27.7. The molecular formula is C36H41N5O6. The quantitative estimate of drug-likeness (QED) is 0.279. The lowest BCUT2D eigenvalue weighted by Gasteiger charge is -2.27. The van der Waals surface area contributed by atoms with Crippen molar-refractivity contribution in [1.82, 2.24) is 19.8 Å². The van der Waals surface area contributed by atoms with Gasteiger partial charge in [0.25, 0.3) is 0 Å². The molecule has 0 bridgehead atoms. The van der Waals surface area contributed by atoms with Crippen LogP contribution >= 0.6 is 0 Å². The minimum atomic E-state index is -0.683. The number of likely N-dealkylation sites (tertiary alicyclic amines) is 1. The third-order valence-corrected chi connectivity index (χ3v) is 9.31. The normalized spacial score (nSPS) is 17.7. The smallest absolute Gasteiger partial charge is 0.245 e. The average molecular weight is 640 g/mol. The van der Waals surface area contributed by atoms with Gasteiger partial charge in [-0.3, -0.25) is 14.4 Å². The first-order valence-corrected chi connectivity index (χ1v) is 15.9. The van der Waals surface area contributed by atoms with E-state index >= 15 is 0 Å². The van der Waals surface area contributed by atoms with E-state index in [0.29, 0.717) is 42.2 Å². The number of ether oxygens (including phenoxy) is 3. The van der Waals surface area contributed by atoms with Gasteiger partial charge in [0.05, 0.1) is 50.1 Å². The number of amides is 2. The Kier molecular flexibility index (Phi) is 8.81. The van der Waals surface area contributed by atoms with E-state index in [-0.39, 0.29) is 29.0 Å². The molecule has 3 atom stereocenters. The van der Waals surface area contributed by atoms with Gasteiger partial charge in [0.2, 0.25) is 23.0 Å². The summed E-state index contributed by atoms with van der Waals surface area (Å²) in [5, 5.41) is 6.24. The number of aromatic nitrogens is 2. The second-order valence-corrected chi connectivity index (χ2v) is 12.2. The summed E-state index contributed by atoms with van der Waals surface area (Å²) in [6.45, 7) is 3.85. The van der Waals surface area contributed by atoms with E-state index < -0.39 is 12.1 Å². The average Bonchev–Trinajstić information content (AvgIpc) is 3.60. The van der Waals surface area contributed by atoms with E-state index in [2.05, 4.69) is 15.2 Å². The van der Waals surface area contributed by atoms with Crippen molar-refractivity contribution in [2.45, 2.75) is 57.7 Å². The Balaban J connectivity index is 1.37. The number of fused-ring (bicyclic) bond motifs is 4. The standard InChI is InChI=1S/C36H41N5O6/c1-20(36(44)41-17-9-12-29(41)35-39-26-10-7-8-11-28(26)40(35)3)37-27-16-14-23-24(19-30(27)43)25(38-21(2)42)15-13-22-18-31(45-4)33(46-5)34(47-6)32(22)23/h7-8,10-11,14,16,18-20,25,29H,9,12-13,15,17H2,1-6H3,(H,37,43)(H,38,42)/t20-,25-,29-/m0/s1. The van der Waals surface area contributed by atoms with Gasteiger partial charge in [0, 0.05) is 26.1 Å². The van der Waals surface area contributed by atoms with E-state index in [1.807, 2.05) is 48.3 Å². The summed E-state index contributed by atoms with van der Waals surface area (Å²) < 4.78 is 19.2. The Bertz CT molecular complexity index is 1920. The molecule has 1 aliphatic heterocycles. The van der Waals surface area contributed by atoms with Crippen LogP contribution in [0.25, 0.3) is 22.2 Å². The molecule has 0 spiro atoms. The first-order chi connectivity index (χ1) is 22.7. The summed E-state index contributed by atoms with van der Waals surface area (Å²) in [4.78, 5) is 46.8. The SMILES string of the molecule is COc1cc2c(c(OC)c1OC)-c1ccc(N[C@@H](C)C(=O)N3CCC[C@H]3c3nc4ccccc4n3C)c(=O)cc1[C@@H](NC(C)=O)CC2. The van der Waals surface area contributed by atoms with Crippen LogP contribution in [0, 0.1) is 0 Å². The van der Waals surface area contributed by atoms with Crippen LogP contribution in [0.5, 0.6) is 17.2 Å². The van der Waals surface area contributed by atoms with E-state index in [0.717, 1.165) is 46.4 Å². The van der Waals surface area contributed by atoms with Crippen LogP contribution in [0.2, 0.25) is 0 Å². The molecule has 0 radical (unpaired) electrons. The Labute approximate surface area is 273 Å². The highest BCUT2D eigenvalue weighted by atomic mass is 16.5. The second kappa shape index (κ2) is 13.0. The van der Waals surface area contributed by atoms with Gasteiger partial charge in [-0.05, 0) is 79.6 Å². The maximum atomic E-state index is 13.9. The highest BCUT2D eigenvalue weighted by Crippen LogP contribution is 2.50. The molecule has 1 aromatic heterocycles. The van der Waals surface area contributed by atoms with Crippen LogP contribution in [0.1, 0.15) is 62.1 Å². The molecule has 246 valence electrons. The molecule has 2 N–H and O–H groups in total. The first-order valence-electron chi connectivity index (χ1n) is 15.9. The molecule has 0 unspecified atom stereocenters. The fourth-order valence-electron chi connectivity index (χ4n) is 7.13. The summed E-state index contributed by atoms with van der Waals surface area (Å²) in [6.07, 6.45) is 2.84. The minimum absolute atomic E-state index is 0.105. The molecule has 1 aliphatic carbocycles. The molecule has 2 amide bonds. The fourth-order valence-corrected chi connectivity index (χ4v) is 7.13. The molecule has 2 heterocycles.